The first-order valence-corrected chi connectivity index (χ1v) is 15.1. The Balaban J connectivity index is 1.56. The molecule has 0 aliphatic heterocycles. The fraction of sp³-hybridized carbons (Fsp3) is 0.0244. The van der Waals surface area contributed by atoms with E-state index in [2.05, 4.69) is 150 Å². The molecule has 2 aliphatic carbocycles. The highest BCUT2D eigenvalue weighted by atomic mass is 35.5. The van der Waals surface area contributed by atoms with Gasteiger partial charge >= 0.3 is 0 Å². The highest BCUT2D eigenvalue weighted by molar-refractivity contribution is 6.30. The van der Waals surface area contributed by atoms with E-state index in [4.69, 9.17) is 11.6 Å². The summed E-state index contributed by atoms with van der Waals surface area (Å²) in [5.41, 5.74) is 15.9. The van der Waals surface area contributed by atoms with Crippen LogP contribution in [0.1, 0.15) is 22.3 Å². The number of hydrogen-bond acceptors (Lipinski definition) is 0. The molecular weight excluding hydrogens is 542 g/mol. The Kier molecular flexibility index (Phi) is 5.24. The zero-order valence-corrected chi connectivity index (χ0v) is 24.1. The third-order valence-corrected chi connectivity index (χ3v) is 9.53. The Hall–Kier alpha value is -5.11. The molecule has 0 bridgehead atoms. The van der Waals surface area contributed by atoms with Gasteiger partial charge in [-0.05, 0) is 68.8 Å². The van der Waals surface area contributed by atoms with Crippen LogP contribution in [0.3, 0.4) is 0 Å². The van der Waals surface area contributed by atoms with Gasteiger partial charge < -0.3 is 4.57 Å². The summed E-state index contributed by atoms with van der Waals surface area (Å²) in [6.07, 6.45) is 0. The number of fused-ring (bicyclic) bond motifs is 10. The summed E-state index contributed by atoms with van der Waals surface area (Å²) in [6, 6.07) is 57.1. The quantitative estimate of drug-likeness (QED) is 0.200. The van der Waals surface area contributed by atoms with E-state index in [9.17, 15) is 0 Å². The SMILES string of the molecule is Clc1ccc(-n2c(-c3ccccc3)c3c(c2-c2ccccc2)C2(c4ccccc4-c4ccccc42)c2ccccc2-3)cc1. The van der Waals surface area contributed by atoms with Crippen LogP contribution in [0.15, 0.2) is 158 Å². The van der Waals surface area contributed by atoms with E-state index >= 15 is 0 Å². The highest BCUT2D eigenvalue weighted by Gasteiger charge is 2.55. The van der Waals surface area contributed by atoms with Crippen molar-refractivity contribution in [3.8, 4) is 50.5 Å². The summed E-state index contributed by atoms with van der Waals surface area (Å²) >= 11 is 6.46. The van der Waals surface area contributed by atoms with Crippen molar-refractivity contribution in [1.29, 1.82) is 0 Å². The van der Waals surface area contributed by atoms with Gasteiger partial charge in [-0.1, -0.05) is 145 Å². The van der Waals surface area contributed by atoms with Gasteiger partial charge in [0.25, 0.3) is 0 Å². The van der Waals surface area contributed by atoms with Crippen LogP contribution in [0, 0.1) is 0 Å². The van der Waals surface area contributed by atoms with Crippen molar-refractivity contribution in [2.45, 2.75) is 5.41 Å². The molecule has 43 heavy (non-hydrogen) atoms. The largest absolute Gasteiger partial charge is 0.308 e. The number of benzene rings is 6. The predicted molar refractivity (Wildman–Crippen MR) is 178 cm³/mol. The van der Waals surface area contributed by atoms with Gasteiger partial charge in [-0.25, -0.2) is 0 Å². The summed E-state index contributed by atoms with van der Waals surface area (Å²) in [5.74, 6) is 0. The number of rotatable bonds is 3. The average molecular weight is 568 g/mol. The van der Waals surface area contributed by atoms with E-state index in [1.165, 1.54) is 67.0 Å². The van der Waals surface area contributed by atoms with Gasteiger partial charge in [0.1, 0.15) is 0 Å². The van der Waals surface area contributed by atoms with Crippen LogP contribution in [0.25, 0.3) is 50.5 Å². The summed E-state index contributed by atoms with van der Waals surface area (Å²) in [6.45, 7) is 0. The molecule has 0 radical (unpaired) electrons. The molecular formula is C41H26ClN. The number of hydrogen-bond donors (Lipinski definition) is 0. The van der Waals surface area contributed by atoms with Gasteiger partial charge in [0.2, 0.25) is 0 Å². The molecule has 6 aromatic carbocycles. The molecule has 2 aliphatic rings. The van der Waals surface area contributed by atoms with Crippen LogP contribution in [0.5, 0.6) is 0 Å². The lowest BCUT2D eigenvalue weighted by molar-refractivity contribution is 0.792. The summed E-state index contributed by atoms with van der Waals surface area (Å²) < 4.78 is 2.48. The minimum atomic E-state index is -0.467. The van der Waals surface area contributed by atoms with E-state index in [0.717, 1.165) is 10.7 Å². The molecule has 0 saturated heterocycles. The van der Waals surface area contributed by atoms with E-state index in [1.807, 2.05) is 12.1 Å². The lowest BCUT2D eigenvalue weighted by atomic mass is 9.70. The summed E-state index contributed by atoms with van der Waals surface area (Å²) in [7, 11) is 0. The standard InChI is InChI=1S/C41H26ClN/c42-29-23-25-30(26-24-29)43-39(27-13-3-1-4-14-27)37-33-19-9-12-22-36(33)41(38(37)40(43)28-15-5-2-6-16-28)34-20-10-7-17-31(34)32-18-8-11-21-35(32)41/h1-26H. The molecule has 2 heteroatoms. The second-order valence-corrected chi connectivity index (χ2v) is 11.8. The van der Waals surface area contributed by atoms with Gasteiger partial charge in [0.15, 0.2) is 0 Å². The maximum Gasteiger partial charge on any atom is 0.0747 e. The van der Waals surface area contributed by atoms with Gasteiger partial charge in [-0.2, -0.15) is 0 Å². The molecule has 7 aromatic rings. The van der Waals surface area contributed by atoms with Crippen molar-refractivity contribution >= 4 is 11.6 Å². The van der Waals surface area contributed by atoms with Gasteiger partial charge in [0.05, 0.1) is 16.8 Å². The lowest BCUT2D eigenvalue weighted by Gasteiger charge is -2.31. The highest BCUT2D eigenvalue weighted by Crippen LogP contribution is 2.67. The van der Waals surface area contributed by atoms with Crippen LogP contribution < -0.4 is 0 Å². The predicted octanol–water partition coefficient (Wildman–Crippen LogP) is 10.8. The van der Waals surface area contributed by atoms with E-state index in [0.29, 0.717) is 0 Å². The van der Waals surface area contributed by atoms with Crippen LogP contribution in [0.4, 0.5) is 0 Å². The van der Waals surface area contributed by atoms with Crippen LogP contribution in [-0.2, 0) is 5.41 Å². The molecule has 1 nitrogen and oxygen atoms in total. The van der Waals surface area contributed by atoms with Crippen molar-refractivity contribution in [2.75, 3.05) is 0 Å². The van der Waals surface area contributed by atoms with Crippen LogP contribution in [0.2, 0.25) is 5.02 Å². The number of nitrogens with zero attached hydrogens (tertiary/aromatic N) is 1. The molecule has 0 saturated carbocycles. The van der Waals surface area contributed by atoms with E-state index in [-0.39, 0.29) is 0 Å². The Morgan fingerprint density at radius 1 is 0.419 bits per heavy atom. The molecule has 0 N–H and O–H groups in total. The monoisotopic (exact) mass is 567 g/mol. The summed E-state index contributed by atoms with van der Waals surface area (Å²) in [5, 5.41) is 0.728. The zero-order chi connectivity index (χ0) is 28.5. The maximum atomic E-state index is 6.46. The van der Waals surface area contributed by atoms with E-state index < -0.39 is 5.41 Å². The number of aromatic nitrogens is 1. The topological polar surface area (TPSA) is 4.93 Å². The fourth-order valence-electron chi connectivity index (χ4n) is 7.74. The van der Waals surface area contributed by atoms with Crippen molar-refractivity contribution in [3.63, 3.8) is 0 Å². The third-order valence-electron chi connectivity index (χ3n) is 9.28. The number of halogens is 1. The van der Waals surface area contributed by atoms with Gasteiger partial charge in [-0.15, -0.1) is 0 Å². The van der Waals surface area contributed by atoms with Crippen molar-refractivity contribution in [1.82, 2.24) is 4.57 Å². The zero-order valence-electron chi connectivity index (χ0n) is 23.3. The van der Waals surface area contributed by atoms with Crippen molar-refractivity contribution < 1.29 is 0 Å². The second-order valence-electron chi connectivity index (χ2n) is 11.4. The van der Waals surface area contributed by atoms with E-state index in [1.54, 1.807) is 0 Å². The molecule has 0 amide bonds. The smallest absolute Gasteiger partial charge is 0.0747 e. The molecule has 9 rings (SSSR count). The first-order valence-electron chi connectivity index (χ1n) is 14.7. The molecule has 202 valence electrons. The van der Waals surface area contributed by atoms with Crippen molar-refractivity contribution in [2.24, 2.45) is 0 Å². The Morgan fingerprint density at radius 3 is 1.42 bits per heavy atom. The Labute approximate surface area is 256 Å². The normalized spacial score (nSPS) is 13.4. The molecule has 0 fully saturated rings. The minimum absolute atomic E-state index is 0.467. The molecule has 1 heterocycles. The van der Waals surface area contributed by atoms with Crippen LogP contribution >= 0.6 is 11.6 Å². The van der Waals surface area contributed by atoms with Gasteiger partial charge in [-0.3, -0.25) is 0 Å². The van der Waals surface area contributed by atoms with Crippen molar-refractivity contribution in [3.05, 3.63) is 185 Å². The Morgan fingerprint density at radius 2 is 0.860 bits per heavy atom. The first kappa shape index (κ1) is 24.5. The van der Waals surface area contributed by atoms with Crippen LogP contribution in [-0.4, -0.2) is 4.57 Å². The summed E-state index contributed by atoms with van der Waals surface area (Å²) in [4.78, 5) is 0. The lowest BCUT2D eigenvalue weighted by Crippen LogP contribution is -2.26. The molecule has 0 atom stereocenters. The second kappa shape index (κ2) is 9.19. The first-order chi connectivity index (χ1) is 21.3. The third kappa shape index (κ3) is 3.23. The molecule has 1 aromatic heterocycles. The average Bonchev–Trinajstić information content (AvgIpc) is 3.68. The van der Waals surface area contributed by atoms with Gasteiger partial charge in [0, 0.05) is 21.8 Å². The fourth-order valence-corrected chi connectivity index (χ4v) is 7.87. The minimum Gasteiger partial charge on any atom is -0.308 e. The maximum absolute atomic E-state index is 6.46. The Bertz CT molecular complexity index is 2130. The molecule has 1 spiro atoms. The molecule has 0 unspecified atom stereocenters.